The number of benzene rings is 2. The second-order valence-electron chi connectivity index (χ2n) is 8.06. The first-order valence-electron chi connectivity index (χ1n) is 11.4. The summed E-state index contributed by atoms with van der Waals surface area (Å²) in [5.41, 5.74) is 5.71. The number of aromatic nitrogens is 3. The molecular weight excluding hydrogens is 696 g/mol. The molecule has 2 heterocycles. The van der Waals surface area contributed by atoms with Gasteiger partial charge in [0.1, 0.15) is 17.2 Å². The summed E-state index contributed by atoms with van der Waals surface area (Å²) in [4.78, 5) is 17.8. The predicted molar refractivity (Wildman–Crippen MR) is 153 cm³/mol. The lowest BCUT2D eigenvalue weighted by Gasteiger charge is -2.12. The average Bonchev–Trinajstić information content (AvgIpc) is 3.76. The van der Waals surface area contributed by atoms with Crippen molar-refractivity contribution < 1.29 is 54.0 Å². The summed E-state index contributed by atoms with van der Waals surface area (Å²) in [5.74, 6) is -0.374. The number of hydrogen-bond donors (Lipinski definition) is 5. The Kier molecular flexibility index (Phi) is 11.5. The van der Waals surface area contributed by atoms with E-state index in [0.717, 1.165) is 29.1 Å². The smallest absolute Gasteiger partial charge is 0.296 e. The first-order chi connectivity index (χ1) is 20.8. The SMILES string of the molecule is Nc1cc(Nc2nc(Cl)nc(N3CC3S(=O)(=O)O)n2)c(N=Nc2ccc(SOOCCOSOOO)cc2)cc1S(=O)(=O)O. The van der Waals surface area contributed by atoms with E-state index in [4.69, 9.17) is 36.0 Å². The predicted octanol–water partition coefficient (Wildman–Crippen LogP) is 3.50. The summed E-state index contributed by atoms with van der Waals surface area (Å²) in [6, 6.07) is 8.44. The Morgan fingerprint density at radius 1 is 1.07 bits per heavy atom. The van der Waals surface area contributed by atoms with Gasteiger partial charge in [0.2, 0.25) is 17.2 Å². The Balaban J connectivity index is 1.49. The fourth-order valence-corrected chi connectivity index (χ4v) is 5.31. The molecule has 1 aromatic heterocycles. The Morgan fingerprint density at radius 3 is 2.48 bits per heavy atom. The van der Waals surface area contributed by atoms with E-state index in [1.165, 1.54) is 0 Å². The number of hydrogen-bond acceptors (Lipinski definition) is 20. The molecule has 1 fully saturated rings. The molecule has 3 aromatic rings. The van der Waals surface area contributed by atoms with Crippen molar-refractivity contribution in [2.24, 2.45) is 10.2 Å². The van der Waals surface area contributed by atoms with Gasteiger partial charge < -0.3 is 16.0 Å². The summed E-state index contributed by atoms with van der Waals surface area (Å²) in [6.07, 6.45) is 0. The number of halogens is 1. The maximum atomic E-state index is 11.9. The monoisotopic (exact) mass is 714 g/mol. The van der Waals surface area contributed by atoms with Gasteiger partial charge in [0.15, 0.2) is 17.7 Å². The molecule has 1 atom stereocenters. The molecule has 0 saturated carbocycles. The van der Waals surface area contributed by atoms with Crippen LogP contribution in [-0.4, -0.2) is 71.3 Å². The molecule has 6 N–H and O–H groups in total. The van der Waals surface area contributed by atoms with Crippen molar-refractivity contribution in [3.8, 4) is 0 Å². The topological polar surface area (TPSA) is 280 Å². The van der Waals surface area contributed by atoms with Crippen LogP contribution in [0, 0.1) is 0 Å². The zero-order chi connectivity index (χ0) is 31.9. The quantitative estimate of drug-likeness (QED) is 0.0207. The third-order valence-corrected chi connectivity index (χ3v) is 8.24. The van der Waals surface area contributed by atoms with Crippen LogP contribution in [0.1, 0.15) is 0 Å². The van der Waals surface area contributed by atoms with Crippen LogP contribution in [-0.2, 0) is 43.0 Å². The third-order valence-electron chi connectivity index (χ3n) is 5.06. The van der Waals surface area contributed by atoms with Gasteiger partial charge in [0.05, 0.1) is 42.3 Å². The number of nitrogens with two attached hydrogens (primary N) is 1. The first-order valence-corrected chi connectivity index (χ1v) is 16.1. The first kappa shape index (κ1) is 33.9. The maximum Gasteiger partial charge on any atom is 0.296 e. The highest BCUT2D eigenvalue weighted by atomic mass is 35.5. The van der Waals surface area contributed by atoms with E-state index in [9.17, 15) is 25.9 Å². The summed E-state index contributed by atoms with van der Waals surface area (Å²) < 4.78 is 79.1. The summed E-state index contributed by atoms with van der Waals surface area (Å²) in [7, 11) is -9.14. The number of azo groups is 1. The molecule has 0 spiro atoms. The van der Waals surface area contributed by atoms with Crippen molar-refractivity contribution in [3.63, 3.8) is 0 Å². The highest BCUT2D eigenvalue weighted by Crippen LogP contribution is 2.36. The van der Waals surface area contributed by atoms with Gasteiger partial charge in [0, 0.05) is 4.90 Å². The largest absolute Gasteiger partial charge is 0.398 e. The molecule has 25 heteroatoms. The van der Waals surface area contributed by atoms with Gasteiger partial charge in [-0.2, -0.15) is 41.2 Å². The Bertz CT molecular complexity index is 1720. The van der Waals surface area contributed by atoms with Crippen LogP contribution in [0.15, 0.2) is 56.4 Å². The van der Waals surface area contributed by atoms with E-state index in [1.54, 1.807) is 24.3 Å². The molecule has 0 radical (unpaired) electrons. The lowest BCUT2D eigenvalue weighted by molar-refractivity contribution is -0.434. The van der Waals surface area contributed by atoms with E-state index in [-0.39, 0.29) is 54.0 Å². The molecule has 0 bridgehead atoms. The standard InChI is InChI=1S/C19H19ClN8O12S4/c20-17-23-18(25-19(24-17)28-9-16(28)44(33,34)35)22-13-7-12(21)15(43(30,31)32)8-14(13)27-26-10-1-3-11(4-2-10)41-39-36-5-6-37-42-40-38-29/h1-4,7-8,16,29H,5-6,9,21H2,(H,30,31,32)(H,33,34,35)(H,22,23,24,25). The fourth-order valence-electron chi connectivity index (χ4n) is 3.13. The number of nitrogen functional groups attached to an aromatic ring is 1. The molecule has 1 saturated heterocycles. The molecule has 1 unspecified atom stereocenters. The Labute approximate surface area is 261 Å². The van der Waals surface area contributed by atoms with Gasteiger partial charge in [-0.3, -0.25) is 13.3 Å². The van der Waals surface area contributed by atoms with Crippen LogP contribution in [0.25, 0.3) is 0 Å². The van der Waals surface area contributed by atoms with Crippen LogP contribution in [0.2, 0.25) is 5.28 Å². The fraction of sp³-hybridized carbons (Fsp3) is 0.211. The Hall–Kier alpha value is -2.98. The lowest BCUT2D eigenvalue weighted by atomic mass is 10.2. The molecule has 4 rings (SSSR count). The van der Waals surface area contributed by atoms with Crippen LogP contribution in [0.3, 0.4) is 0 Å². The Morgan fingerprint density at radius 2 is 1.82 bits per heavy atom. The van der Waals surface area contributed by atoms with Crippen molar-refractivity contribution in [2.45, 2.75) is 15.2 Å². The summed E-state index contributed by atoms with van der Waals surface area (Å²) in [6.45, 7) is 0.00644. The van der Waals surface area contributed by atoms with Gasteiger partial charge >= 0.3 is 0 Å². The minimum absolute atomic E-state index is 0.0274. The molecule has 1 aliphatic heterocycles. The van der Waals surface area contributed by atoms with Crippen molar-refractivity contribution >= 4 is 90.8 Å². The molecule has 1 aliphatic rings. The van der Waals surface area contributed by atoms with Crippen LogP contribution < -0.4 is 16.0 Å². The van der Waals surface area contributed by atoms with Gasteiger partial charge in [-0.05, 0) is 48.0 Å². The number of rotatable bonds is 16. The van der Waals surface area contributed by atoms with Crippen molar-refractivity contribution in [1.82, 2.24) is 15.0 Å². The highest BCUT2D eigenvalue weighted by Gasteiger charge is 2.46. The van der Waals surface area contributed by atoms with Crippen molar-refractivity contribution in [1.29, 1.82) is 0 Å². The molecular formula is C19H19ClN8O12S4. The molecule has 2 aromatic carbocycles. The number of nitrogens with one attached hydrogen (secondary N) is 1. The molecule has 238 valence electrons. The maximum absolute atomic E-state index is 11.9. The molecule has 0 aliphatic carbocycles. The zero-order valence-electron chi connectivity index (χ0n) is 21.5. The van der Waals surface area contributed by atoms with Gasteiger partial charge in [-0.25, -0.2) is 10.1 Å². The summed E-state index contributed by atoms with van der Waals surface area (Å²) in [5, 5.41) is 20.6. The second kappa shape index (κ2) is 14.9. The highest BCUT2D eigenvalue weighted by molar-refractivity contribution is 7.94. The minimum atomic E-state index is -4.75. The molecule has 44 heavy (non-hydrogen) atoms. The van der Waals surface area contributed by atoms with Crippen LogP contribution in [0.4, 0.5) is 34.6 Å². The van der Waals surface area contributed by atoms with Gasteiger partial charge in [-0.15, -0.1) is 9.45 Å². The van der Waals surface area contributed by atoms with Crippen molar-refractivity contribution in [2.75, 3.05) is 35.7 Å². The van der Waals surface area contributed by atoms with E-state index in [2.05, 4.69) is 39.9 Å². The van der Waals surface area contributed by atoms with Crippen LogP contribution >= 0.6 is 36.0 Å². The lowest BCUT2D eigenvalue weighted by Crippen LogP contribution is -2.14. The minimum Gasteiger partial charge on any atom is -0.398 e. The number of nitrogens with zero attached hydrogens (tertiary/aromatic N) is 6. The zero-order valence-corrected chi connectivity index (χ0v) is 25.5. The summed E-state index contributed by atoms with van der Waals surface area (Å²) >= 11 is 7.24. The molecule has 0 amide bonds. The average molecular weight is 715 g/mol. The van der Waals surface area contributed by atoms with E-state index in [1.807, 2.05) is 0 Å². The van der Waals surface area contributed by atoms with E-state index in [0.29, 0.717) is 22.9 Å². The van der Waals surface area contributed by atoms with E-state index >= 15 is 0 Å². The van der Waals surface area contributed by atoms with Gasteiger partial charge in [0.25, 0.3) is 20.2 Å². The number of anilines is 4. The molecule has 20 nitrogen and oxygen atoms in total. The second-order valence-corrected chi connectivity index (χ2v) is 12.6. The normalized spacial score (nSPS) is 15.2. The van der Waals surface area contributed by atoms with E-state index < -0.39 is 30.5 Å². The third kappa shape index (κ3) is 9.76. The van der Waals surface area contributed by atoms with Gasteiger partial charge in [-0.1, -0.05) is 5.04 Å². The van der Waals surface area contributed by atoms with Crippen molar-refractivity contribution in [3.05, 3.63) is 41.7 Å². The van der Waals surface area contributed by atoms with Crippen LogP contribution in [0.5, 0.6) is 0 Å².